The summed E-state index contributed by atoms with van der Waals surface area (Å²) in [6.07, 6.45) is 2.10. The molecule has 0 spiro atoms. The minimum atomic E-state index is -0.0158. The molecule has 0 unspecified atom stereocenters. The van der Waals surface area contributed by atoms with Crippen LogP contribution in [0.5, 0.6) is 11.5 Å². The molecular formula is C15H16Cl4O4. The van der Waals surface area contributed by atoms with Crippen LogP contribution in [0.1, 0.15) is 13.3 Å². The molecule has 0 saturated heterocycles. The first-order valence-corrected chi connectivity index (χ1v) is 8.24. The van der Waals surface area contributed by atoms with Gasteiger partial charge < -0.3 is 14.2 Å². The van der Waals surface area contributed by atoms with Gasteiger partial charge in [0.25, 0.3) is 0 Å². The quantitative estimate of drug-likeness (QED) is 0.513. The molecule has 8 heteroatoms. The fraction of sp³-hybridized carbons (Fsp3) is 0.400. The van der Waals surface area contributed by atoms with Crippen LogP contribution in [-0.4, -0.2) is 32.2 Å². The Kier molecular flexibility index (Phi) is 9.75. The Morgan fingerprint density at radius 1 is 1.13 bits per heavy atom. The van der Waals surface area contributed by atoms with Gasteiger partial charge in [0.15, 0.2) is 11.5 Å². The van der Waals surface area contributed by atoms with Crippen LogP contribution in [0.15, 0.2) is 22.7 Å². The van der Waals surface area contributed by atoms with Gasteiger partial charge in [-0.25, -0.2) is 0 Å². The SMILES string of the molecule is CC(=O)COCCCOc1c(Cl)cc(OCC=C(Cl)Cl)cc1Cl. The van der Waals surface area contributed by atoms with Crippen molar-refractivity contribution in [3.05, 3.63) is 32.7 Å². The molecule has 0 N–H and O–H groups in total. The summed E-state index contributed by atoms with van der Waals surface area (Å²) in [4.78, 5) is 10.7. The van der Waals surface area contributed by atoms with E-state index in [9.17, 15) is 4.79 Å². The highest BCUT2D eigenvalue weighted by atomic mass is 35.5. The second-order valence-electron chi connectivity index (χ2n) is 4.48. The maximum Gasteiger partial charge on any atom is 0.156 e. The summed E-state index contributed by atoms with van der Waals surface area (Å²) in [6.45, 7) is 2.55. The van der Waals surface area contributed by atoms with Crippen molar-refractivity contribution in [1.29, 1.82) is 0 Å². The molecule has 1 rings (SSSR count). The average Bonchev–Trinajstić information content (AvgIpc) is 2.44. The highest BCUT2D eigenvalue weighted by molar-refractivity contribution is 6.55. The van der Waals surface area contributed by atoms with E-state index < -0.39 is 0 Å². The summed E-state index contributed by atoms with van der Waals surface area (Å²) < 4.78 is 16.2. The molecule has 23 heavy (non-hydrogen) atoms. The third kappa shape index (κ3) is 8.68. The second-order valence-corrected chi connectivity index (χ2v) is 6.30. The van der Waals surface area contributed by atoms with Crippen molar-refractivity contribution < 1.29 is 19.0 Å². The zero-order valence-corrected chi connectivity index (χ0v) is 15.4. The first kappa shape index (κ1) is 20.4. The summed E-state index contributed by atoms with van der Waals surface area (Å²) in [5.74, 6) is 0.832. The number of hydrogen-bond acceptors (Lipinski definition) is 4. The first-order chi connectivity index (χ1) is 10.9. The molecule has 0 aliphatic rings. The van der Waals surface area contributed by atoms with Crippen molar-refractivity contribution in [2.45, 2.75) is 13.3 Å². The molecule has 0 fully saturated rings. The van der Waals surface area contributed by atoms with E-state index in [0.717, 1.165) is 0 Å². The van der Waals surface area contributed by atoms with Gasteiger partial charge in [-0.3, -0.25) is 4.79 Å². The number of ether oxygens (including phenoxy) is 3. The van der Waals surface area contributed by atoms with Crippen LogP contribution in [-0.2, 0) is 9.53 Å². The highest BCUT2D eigenvalue weighted by Gasteiger charge is 2.10. The lowest BCUT2D eigenvalue weighted by Gasteiger charge is -2.12. The van der Waals surface area contributed by atoms with E-state index in [1.807, 2.05) is 0 Å². The Morgan fingerprint density at radius 2 is 1.78 bits per heavy atom. The summed E-state index contributed by atoms with van der Waals surface area (Å²) in [5, 5.41) is 0.663. The van der Waals surface area contributed by atoms with Crippen LogP contribution in [0.25, 0.3) is 0 Å². The fourth-order valence-electron chi connectivity index (χ4n) is 1.51. The summed E-state index contributed by atoms with van der Waals surface area (Å²) in [7, 11) is 0. The first-order valence-electron chi connectivity index (χ1n) is 6.73. The largest absolute Gasteiger partial charge is 0.490 e. The molecule has 1 aromatic carbocycles. The highest BCUT2D eigenvalue weighted by Crippen LogP contribution is 2.37. The lowest BCUT2D eigenvalue weighted by molar-refractivity contribution is -0.121. The van der Waals surface area contributed by atoms with Gasteiger partial charge in [0.2, 0.25) is 0 Å². The molecule has 0 aromatic heterocycles. The van der Waals surface area contributed by atoms with Crippen molar-refractivity contribution in [3.8, 4) is 11.5 Å². The van der Waals surface area contributed by atoms with Gasteiger partial charge in [-0.2, -0.15) is 0 Å². The van der Waals surface area contributed by atoms with Crippen molar-refractivity contribution in [2.24, 2.45) is 0 Å². The van der Waals surface area contributed by atoms with E-state index in [1.165, 1.54) is 13.0 Å². The van der Waals surface area contributed by atoms with Gasteiger partial charge in [-0.05, 0) is 13.0 Å². The van der Waals surface area contributed by atoms with Gasteiger partial charge >= 0.3 is 0 Å². The molecule has 4 nitrogen and oxygen atoms in total. The van der Waals surface area contributed by atoms with Crippen LogP contribution in [0.2, 0.25) is 10.0 Å². The Balaban J connectivity index is 2.47. The fourth-order valence-corrected chi connectivity index (χ4v) is 2.21. The molecule has 0 aliphatic carbocycles. The zero-order valence-electron chi connectivity index (χ0n) is 12.4. The Hall–Kier alpha value is -0.650. The third-order valence-electron chi connectivity index (χ3n) is 2.44. The number of rotatable bonds is 10. The normalized spacial score (nSPS) is 10.3. The third-order valence-corrected chi connectivity index (χ3v) is 3.31. The Labute approximate surface area is 155 Å². The van der Waals surface area contributed by atoms with E-state index in [1.54, 1.807) is 12.1 Å². The van der Waals surface area contributed by atoms with Gasteiger partial charge in [0.05, 0.1) is 23.3 Å². The molecule has 0 amide bonds. The molecule has 0 atom stereocenters. The predicted octanol–water partition coefficient (Wildman–Crippen LogP) is 5.07. The van der Waals surface area contributed by atoms with Crippen LogP contribution >= 0.6 is 46.4 Å². The Bertz CT molecular complexity index is 533. The zero-order chi connectivity index (χ0) is 17.2. The maximum absolute atomic E-state index is 10.7. The standard InChI is InChI=1S/C15H16Cl4O4/c1-10(20)9-21-4-2-5-23-15-12(16)7-11(8-13(15)17)22-6-3-14(18)19/h3,7-8H,2,4-6,9H2,1H3. The van der Waals surface area contributed by atoms with Crippen LogP contribution in [0.4, 0.5) is 0 Å². The number of ketones is 1. The van der Waals surface area contributed by atoms with Crippen LogP contribution < -0.4 is 9.47 Å². The molecule has 128 valence electrons. The molecule has 0 heterocycles. The van der Waals surface area contributed by atoms with Gasteiger partial charge in [0.1, 0.15) is 23.5 Å². The van der Waals surface area contributed by atoms with E-state index in [4.69, 9.17) is 60.6 Å². The number of carbonyl (C=O) groups is 1. The molecule has 0 aliphatic heterocycles. The van der Waals surface area contributed by atoms with Crippen LogP contribution in [0, 0.1) is 0 Å². The second kappa shape index (κ2) is 11.0. The molecule has 0 radical (unpaired) electrons. The van der Waals surface area contributed by atoms with E-state index >= 15 is 0 Å². The van der Waals surface area contributed by atoms with Crippen molar-refractivity contribution in [3.63, 3.8) is 0 Å². The van der Waals surface area contributed by atoms with Crippen molar-refractivity contribution >= 4 is 52.2 Å². The maximum atomic E-state index is 10.7. The molecular weight excluding hydrogens is 386 g/mol. The number of carbonyl (C=O) groups excluding carboxylic acids is 1. The number of benzene rings is 1. The lowest BCUT2D eigenvalue weighted by atomic mass is 10.3. The van der Waals surface area contributed by atoms with Crippen molar-refractivity contribution in [2.75, 3.05) is 26.4 Å². The summed E-state index contributed by atoms with van der Waals surface area (Å²) in [6, 6.07) is 3.18. The smallest absolute Gasteiger partial charge is 0.156 e. The number of Topliss-reactive ketones (excluding diaryl/α,β-unsaturated/α-hetero) is 1. The van der Waals surface area contributed by atoms with Crippen LogP contribution in [0.3, 0.4) is 0 Å². The molecule has 0 bridgehead atoms. The van der Waals surface area contributed by atoms with Gasteiger partial charge in [-0.15, -0.1) is 0 Å². The minimum absolute atomic E-state index is 0.0158. The minimum Gasteiger partial charge on any atom is -0.490 e. The predicted molar refractivity (Wildman–Crippen MR) is 93.4 cm³/mol. The summed E-state index contributed by atoms with van der Waals surface area (Å²) >= 11 is 23.2. The number of halogens is 4. The molecule has 0 saturated carbocycles. The van der Waals surface area contributed by atoms with E-state index in [-0.39, 0.29) is 23.5 Å². The topological polar surface area (TPSA) is 44.8 Å². The van der Waals surface area contributed by atoms with Gasteiger partial charge in [-0.1, -0.05) is 46.4 Å². The monoisotopic (exact) mass is 400 g/mol. The van der Waals surface area contributed by atoms with E-state index in [2.05, 4.69) is 0 Å². The van der Waals surface area contributed by atoms with Gasteiger partial charge in [0, 0.05) is 18.6 Å². The molecule has 1 aromatic rings. The number of hydrogen-bond donors (Lipinski definition) is 0. The average molecular weight is 402 g/mol. The van der Waals surface area contributed by atoms with Crippen molar-refractivity contribution in [1.82, 2.24) is 0 Å². The Morgan fingerprint density at radius 3 is 2.35 bits per heavy atom. The lowest BCUT2D eigenvalue weighted by Crippen LogP contribution is -2.08. The summed E-state index contributed by atoms with van der Waals surface area (Å²) in [5.41, 5.74) is 0. The van der Waals surface area contributed by atoms with E-state index in [0.29, 0.717) is 41.2 Å².